The molecular formula is C15H23NO3. The third-order valence-electron chi connectivity index (χ3n) is 2.96. The number of ether oxygens (including phenoxy) is 1. The van der Waals surface area contributed by atoms with Crippen LogP contribution in [-0.2, 0) is 4.79 Å². The molecule has 4 nitrogen and oxygen atoms in total. The number of hydrogen-bond donors (Lipinski definition) is 1. The minimum atomic E-state index is -0.756. The maximum absolute atomic E-state index is 10.5. The molecule has 1 rings (SSSR count). The van der Waals surface area contributed by atoms with Crippen LogP contribution in [0.3, 0.4) is 0 Å². The molecule has 0 spiro atoms. The second-order valence-corrected chi connectivity index (χ2v) is 4.75. The van der Waals surface area contributed by atoms with E-state index in [4.69, 9.17) is 9.84 Å². The molecule has 1 aromatic rings. The van der Waals surface area contributed by atoms with Crippen molar-refractivity contribution in [2.45, 2.75) is 27.2 Å². The van der Waals surface area contributed by atoms with E-state index in [1.54, 1.807) is 0 Å². The van der Waals surface area contributed by atoms with Gasteiger partial charge in [-0.2, -0.15) is 0 Å². The SMILES string of the molecule is CCN(CCOc1cc(C)cc(C)c1)CCC(=O)O. The van der Waals surface area contributed by atoms with Gasteiger partial charge in [-0.1, -0.05) is 13.0 Å². The molecule has 0 aromatic heterocycles. The molecule has 1 N–H and O–H groups in total. The van der Waals surface area contributed by atoms with Crippen LogP contribution in [-0.4, -0.2) is 42.2 Å². The molecule has 0 heterocycles. The summed E-state index contributed by atoms with van der Waals surface area (Å²) in [5.41, 5.74) is 2.38. The third kappa shape index (κ3) is 6.25. The number of benzene rings is 1. The highest BCUT2D eigenvalue weighted by Crippen LogP contribution is 2.16. The number of carboxylic acid groups (broad SMARTS) is 1. The van der Waals surface area contributed by atoms with Gasteiger partial charge in [0.05, 0.1) is 6.42 Å². The highest BCUT2D eigenvalue weighted by Gasteiger charge is 2.05. The van der Waals surface area contributed by atoms with Gasteiger partial charge >= 0.3 is 5.97 Å². The topological polar surface area (TPSA) is 49.8 Å². The number of aryl methyl sites for hydroxylation is 2. The lowest BCUT2D eigenvalue weighted by atomic mass is 10.1. The second-order valence-electron chi connectivity index (χ2n) is 4.75. The van der Waals surface area contributed by atoms with Crippen LogP contribution in [0.5, 0.6) is 5.75 Å². The highest BCUT2D eigenvalue weighted by atomic mass is 16.5. The fourth-order valence-electron chi connectivity index (χ4n) is 1.99. The molecule has 0 aliphatic carbocycles. The fourth-order valence-corrected chi connectivity index (χ4v) is 1.99. The lowest BCUT2D eigenvalue weighted by molar-refractivity contribution is -0.137. The zero-order valence-corrected chi connectivity index (χ0v) is 12.0. The molecule has 0 radical (unpaired) electrons. The number of nitrogens with zero attached hydrogens (tertiary/aromatic N) is 1. The van der Waals surface area contributed by atoms with E-state index in [1.807, 2.05) is 32.9 Å². The zero-order valence-electron chi connectivity index (χ0n) is 12.0. The van der Waals surface area contributed by atoms with Gasteiger partial charge in [0.15, 0.2) is 0 Å². The number of rotatable bonds is 8. The molecular weight excluding hydrogens is 242 g/mol. The minimum Gasteiger partial charge on any atom is -0.492 e. The van der Waals surface area contributed by atoms with Gasteiger partial charge in [0, 0.05) is 13.1 Å². The van der Waals surface area contributed by atoms with E-state index in [-0.39, 0.29) is 6.42 Å². The van der Waals surface area contributed by atoms with Crippen molar-refractivity contribution in [3.8, 4) is 5.75 Å². The van der Waals surface area contributed by atoms with E-state index in [0.717, 1.165) is 18.8 Å². The number of carbonyl (C=O) groups is 1. The molecule has 0 amide bonds. The maximum Gasteiger partial charge on any atom is 0.304 e. The van der Waals surface area contributed by atoms with Crippen molar-refractivity contribution in [2.24, 2.45) is 0 Å². The zero-order chi connectivity index (χ0) is 14.3. The summed E-state index contributed by atoms with van der Waals surface area (Å²) >= 11 is 0. The van der Waals surface area contributed by atoms with Gasteiger partial charge in [0.25, 0.3) is 0 Å². The summed E-state index contributed by atoms with van der Waals surface area (Å²) in [6.07, 6.45) is 0.178. The van der Waals surface area contributed by atoms with E-state index in [9.17, 15) is 4.79 Å². The first kappa shape index (κ1) is 15.5. The number of likely N-dealkylation sites (N-methyl/N-ethyl adjacent to an activating group) is 1. The van der Waals surface area contributed by atoms with Crippen molar-refractivity contribution in [1.82, 2.24) is 4.90 Å². The van der Waals surface area contributed by atoms with Crippen LogP contribution < -0.4 is 4.74 Å². The predicted octanol–water partition coefficient (Wildman–Crippen LogP) is 2.48. The number of aliphatic carboxylic acids is 1. The Labute approximate surface area is 115 Å². The molecule has 0 bridgehead atoms. The van der Waals surface area contributed by atoms with E-state index in [0.29, 0.717) is 13.2 Å². The summed E-state index contributed by atoms with van der Waals surface area (Å²) in [7, 11) is 0. The Morgan fingerprint density at radius 1 is 1.21 bits per heavy atom. The fraction of sp³-hybridized carbons (Fsp3) is 0.533. The molecule has 0 fully saturated rings. The Balaban J connectivity index is 2.37. The molecule has 106 valence electrons. The van der Waals surface area contributed by atoms with E-state index >= 15 is 0 Å². The van der Waals surface area contributed by atoms with Crippen molar-refractivity contribution < 1.29 is 14.6 Å². The molecule has 4 heteroatoms. The summed E-state index contributed by atoms with van der Waals surface area (Å²) in [5.74, 6) is 0.125. The minimum absolute atomic E-state index is 0.178. The van der Waals surface area contributed by atoms with Crippen molar-refractivity contribution in [2.75, 3.05) is 26.2 Å². The Morgan fingerprint density at radius 3 is 2.37 bits per heavy atom. The molecule has 0 saturated heterocycles. The van der Waals surface area contributed by atoms with Gasteiger partial charge < -0.3 is 9.84 Å². The average Bonchev–Trinajstić information content (AvgIpc) is 2.32. The van der Waals surface area contributed by atoms with E-state index < -0.39 is 5.97 Å². The summed E-state index contributed by atoms with van der Waals surface area (Å²) in [6, 6.07) is 6.14. The molecule has 0 aliphatic heterocycles. The summed E-state index contributed by atoms with van der Waals surface area (Å²) in [5, 5.41) is 8.66. The summed E-state index contributed by atoms with van der Waals surface area (Å²) in [4.78, 5) is 12.6. The van der Waals surface area contributed by atoms with Gasteiger partial charge in [-0.15, -0.1) is 0 Å². The van der Waals surface area contributed by atoms with Crippen LogP contribution in [0.25, 0.3) is 0 Å². The lowest BCUT2D eigenvalue weighted by Gasteiger charge is -2.19. The Hall–Kier alpha value is -1.55. The first-order chi connectivity index (χ1) is 9.01. The monoisotopic (exact) mass is 265 g/mol. The standard InChI is InChI=1S/C15H23NO3/c1-4-16(6-5-15(17)18)7-8-19-14-10-12(2)9-13(3)11-14/h9-11H,4-8H2,1-3H3,(H,17,18). The number of hydrogen-bond acceptors (Lipinski definition) is 3. The van der Waals surface area contributed by atoms with Gasteiger partial charge in [-0.25, -0.2) is 0 Å². The van der Waals surface area contributed by atoms with Crippen LogP contribution in [0.2, 0.25) is 0 Å². The van der Waals surface area contributed by atoms with Gasteiger partial charge in [0.2, 0.25) is 0 Å². The number of carboxylic acids is 1. The summed E-state index contributed by atoms with van der Waals surface area (Å²) < 4.78 is 5.72. The van der Waals surface area contributed by atoms with Crippen LogP contribution in [0.15, 0.2) is 18.2 Å². The van der Waals surface area contributed by atoms with E-state index in [2.05, 4.69) is 11.0 Å². The first-order valence-electron chi connectivity index (χ1n) is 6.66. The molecule has 0 saturated carbocycles. The maximum atomic E-state index is 10.5. The average molecular weight is 265 g/mol. The third-order valence-corrected chi connectivity index (χ3v) is 2.96. The molecule has 0 unspecified atom stereocenters. The molecule has 0 aliphatic rings. The van der Waals surface area contributed by atoms with Crippen LogP contribution in [0.4, 0.5) is 0 Å². The first-order valence-corrected chi connectivity index (χ1v) is 6.66. The normalized spacial score (nSPS) is 10.7. The summed E-state index contributed by atoms with van der Waals surface area (Å²) in [6.45, 7) is 8.85. The Kier molecular flexibility index (Phi) is 6.36. The Bertz CT molecular complexity index is 398. The van der Waals surface area contributed by atoms with Gasteiger partial charge in [-0.05, 0) is 43.7 Å². The Morgan fingerprint density at radius 2 is 1.84 bits per heavy atom. The van der Waals surface area contributed by atoms with Gasteiger partial charge in [-0.3, -0.25) is 9.69 Å². The van der Waals surface area contributed by atoms with Crippen molar-refractivity contribution >= 4 is 5.97 Å². The predicted molar refractivity (Wildman–Crippen MR) is 75.8 cm³/mol. The van der Waals surface area contributed by atoms with Crippen LogP contribution in [0, 0.1) is 13.8 Å². The molecule has 19 heavy (non-hydrogen) atoms. The van der Waals surface area contributed by atoms with Crippen molar-refractivity contribution in [3.05, 3.63) is 29.3 Å². The van der Waals surface area contributed by atoms with Crippen LogP contribution in [0.1, 0.15) is 24.5 Å². The van der Waals surface area contributed by atoms with Gasteiger partial charge in [0.1, 0.15) is 12.4 Å². The lowest BCUT2D eigenvalue weighted by Crippen LogP contribution is -2.30. The van der Waals surface area contributed by atoms with Crippen molar-refractivity contribution in [3.63, 3.8) is 0 Å². The van der Waals surface area contributed by atoms with Crippen LogP contribution >= 0.6 is 0 Å². The highest BCUT2D eigenvalue weighted by molar-refractivity contribution is 5.66. The second kappa shape index (κ2) is 7.79. The largest absolute Gasteiger partial charge is 0.492 e. The van der Waals surface area contributed by atoms with E-state index in [1.165, 1.54) is 11.1 Å². The molecule has 1 aromatic carbocycles. The smallest absolute Gasteiger partial charge is 0.304 e. The molecule has 0 atom stereocenters. The quantitative estimate of drug-likeness (QED) is 0.784. The van der Waals surface area contributed by atoms with Crippen molar-refractivity contribution in [1.29, 1.82) is 0 Å².